The summed E-state index contributed by atoms with van der Waals surface area (Å²) in [6, 6.07) is 9.27. The van der Waals surface area contributed by atoms with E-state index in [1.54, 1.807) is 18.5 Å². The van der Waals surface area contributed by atoms with Crippen LogP contribution in [0.15, 0.2) is 47.2 Å². The van der Waals surface area contributed by atoms with Crippen LogP contribution in [0.25, 0.3) is 0 Å². The standard InChI is InChI=1S/C15H17BrN4O2/c16-12-3-1-4-13(11-12)22-10-5-14(21)17-8-9-20-15-18-6-2-7-19-15/h1-4,6-7,11H,5,8-10H2,(H,17,21)(H,18,19,20). The average Bonchev–Trinajstić information content (AvgIpc) is 2.53. The number of amides is 1. The predicted molar refractivity (Wildman–Crippen MR) is 87.8 cm³/mol. The number of benzene rings is 1. The summed E-state index contributed by atoms with van der Waals surface area (Å²) in [7, 11) is 0. The second-order valence-corrected chi connectivity index (χ2v) is 5.32. The van der Waals surface area contributed by atoms with E-state index in [-0.39, 0.29) is 5.91 Å². The molecule has 1 amide bonds. The van der Waals surface area contributed by atoms with Gasteiger partial charge >= 0.3 is 0 Å². The van der Waals surface area contributed by atoms with E-state index in [0.29, 0.717) is 32.1 Å². The van der Waals surface area contributed by atoms with Gasteiger partial charge in [0.05, 0.1) is 13.0 Å². The summed E-state index contributed by atoms with van der Waals surface area (Å²) in [5.74, 6) is 1.24. The lowest BCUT2D eigenvalue weighted by Gasteiger charge is -2.08. The molecule has 1 heterocycles. The molecule has 2 aromatic rings. The highest BCUT2D eigenvalue weighted by Crippen LogP contribution is 2.17. The Morgan fingerprint density at radius 3 is 2.77 bits per heavy atom. The lowest BCUT2D eigenvalue weighted by atomic mass is 10.3. The van der Waals surface area contributed by atoms with Gasteiger partial charge in [0, 0.05) is 30.0 Å². The molecule has 0 fully saturated rings. The van der Waals surface area contributed by atoms with Crippen molar-refractivity contribution >= 4 is 27.8 Å². The summed E-state index contributed by atoms with van der Waals surface area (Å²) >= 11 is 3.37. The van der Waals surface area contributed by atoms with Gasteiger partial charge in [0.1, 0.15) is 5.75 Å². The van der Waals surface area contributed by atoms with Gasteiger partial charge in [-0.05, 0) is 24.3 Å². The molecular weight excluding hydrogens is 348 g/mol. The van der Waals surface area contributed by atoms with Crippen molar-refractivity contribution in [2.45, 2.75) is 6.42 Å². The zero-order valence-corrected chi connectivity index (χ0v) is 13.5. The van der Waals surface area contributed by atoms with Gasteiger partial charge < -0.3 is 15.4 Å². The average molecular weight is 365 g/mol. The Morgan fingerprint density at radius 1 is 1.18 bits per heavy atom. The predicted octanol–water partition coefficient (Wildman–Crippen LogP) is 2.24. The first-order chi connectivity index (χ1) is 10.7. The van der Waals surface area contributed by atoms with Crippen LogP contribution in [0.5, 0.6) is 5.75 Å². The number of carbonyl (C=O) groups is 1. The van der Waals surface area contributed by atoms with Crippen LogP contribution in [0.3, 0.4) is 0 Å². The van der Waals surface area contributed by atoms with E-state index in [1.807, 2.05) is 24.3 Å². The molecule has 0 saturated carbocycles. The molecule has 1 aromatic carbocycles. The number of rotatable bonds is 8. The maximum Gasteiger partial charge on any atom is 0.223 e. The quantitative estimate of drug-likeness (QED) is 0.702. The SMILES string of the molecule is O=C(CCOc1cccc(Br)c1)NCCNc1ncccn1. The van der Waals surface area contributed by atoms with E-state index >= 15 is 0 Å². The highest BCUT2D eigenvalue weighted by molar-refractivity contribution is 9.10. The number of nitrogens with one attached hydrogen (secondary N) is 2. The third kappa shape index (κ3) is 6.09. The topological polar surface area (TPSA) is 76.1 Å². The van der Waals surface area contributed by atoms with E-state index in [4.69, 9.17) is 4.74 Å². The van der Waals surface area contributed by atoms with Crippen molar-refractivity contribution in [1.29, 1.82) is 0 Å². The van der Waals surface area contributed by atoms with Crippen LogP contribution in [0.2, 0.25) is 0 Å². The van der Waals surface area contributed by atoms with Crippen molar-refractivity contribution in [2.75, 3.05) is 25.0 Å². The van der Waals surface area contributed by atoms with Crippen molar-refractivity contribution in [1.82, 2.24) is 15.3 Å². The molecule has 0 spiro atoms. The zero-order chi connectivity index (χ0) is 15.6. The summed E-state index contributed by atoms with van der Waals surface area (Å²) < 4.78 is 6.45. The normalized spacial score (nSPS) is 10.0. The second-order valence-electron chi connectivity index (χ2n) is 4.40. The number of halogens is 1. The number of anilines is 1. The number of carbonyl (C=O) groups excluding carboxylic acids is 1. The fraction of sp³-hybridized carbons (Fsp3) is 0.267. The Kier molecular flexibility index (Phi) is 6.63. The second kappa shape index (κ2) is 8.99. The smallest absolute Gasteiger partial charge is 0.223 e. The molecule has 7 heteroatoms. The zero-order valence-electron chi connectivity index (χ0n) is 12.0. The monoisotopic (exact) mass is 364 g/mol. The first-order valence-electron chi connectivity index (χ1n) is 6.90. The molecule has 2 N–H and O–H groups in total. The fourth-order valence-electron chi connectivity index (χ4n) is 1.67. The first kappa shape index (κ1) is 16.2. The number of aromatic nitrogens is 2. The van der Waals surface area contributed by atoms with Gasteiger partial charge in [-0.15, -0.1) is 0 Å². The molecule has 0 aliphatic carbocycles. The van der Waals surface area contributed by atoms with Gasteiger partial charge in [0.2, 0.25) is 11.9 Å². The van der Waals surface area contributed by atoms with Crippen LogP contribution in [-0.2, 0) is 4.79 Å². The largest absolute Gasteiger partial charge is 0.493 e. The van der Waals surface area contributed by atoms with Crippen LogP contribution >= 0.6 is 15.9 Å². The fourth-order valence-corrected chi connectivity index (χ4v) is 2.05. The Morgan fingerprint density at radius 2 is 2.00 bits per heavy atom. The maximum atomic E-state index is 11.7. The van der Waals surface area contributed by atoms with Crippen molar-refractivity contribution < 1.29 is 9.53 Å². The third-order valence-electron chi connectivity index (χ3n) is 2.69. The van der Waals surface area contributed by atoms with Gasteiger partial charge in [-0.1, -0.05) is 22.0 Å². The highest BCUT2D eigenvalue weighted by Gasteiger charge is 2.02. The van der Waals surface area contributed by atoms with Gasteiger partial charge in [0.25, 0.3) is 0 Å². The number of hydrogen-bond donors (Lipinski definition) is 2. The molecule has 22 heavy (non-hydrogen) atoms. The van der Waals surface area contributed by atoms with Crippen molar-refractivity contribution in [2.24, 2.45) is 0 Å². The summed E-state index contributed by atoms with van der Waals surface area (Å²) in [5.41, 5.74) is 0. The molecule has 0 aliphatic heterocycles. The number of nitrogens with zero attached hydrogens (tertiary/aromatic N) is 2. The highest BCUT2D eigenvalue weighted by atomic mass is 79.9. The minimum atomic E-state index is -0.0502. The summed E-state index contributed by atoms with van der Waals surface area (Å²) in [4.78, 5) is 19.7. The summed E-state index contributed by atoms with van der Waals surface area (Å²) in [5, 5.41) is 5.82. The van der Waals surface area contributed by atoms with Crippen molar-refractivity contribution in [3.8, 4) is 5.75 Å². The van der Waals surface area contributed by atoms with E-state index in [2.05, 4.69) is 36.5 Å². The van der Waals surface area contributed by atoms with Crippen LogP contribution in [0.4, 0.5) is 5.95 Å². The number of hydrogen-bond acceptors (Lipinski definition) is 5. The molecule has 116 valence electrons. The first-order valence-corrected chi connectivity index (χ1v) is 7.69. The molecule has 0 radical (unpaired) electrons. The molecule has 0 saturated heterocycles. The van der Waals surface area contributed by atoms with Crippen LogP contribution in [0, 0.1) is 0 Å². The van der Waals surface area contributed by atoms with E-state index in [1.165, 1.54) is 0 Å². The molecule has 0 aliphatic rings. The summed E-state index contributed by atoms with van der Waals surface area (Å²) in [6.45, 7) is 1.42. The molecule has 0 atom stereocenters. The van der Waals surface area contributed by atoms with Crippen LogP contribution in [-0.4, -0.2) is 35.6 Å². The Balaban J connectivity index is 1.56. The summed E-state index contributed by atoms with van der Waals surface area (Å²) in [6.07, 6.45) is 3.63. The minimum absolute atomic E-state index is 0.0502. The molecular formula is C15H17BrN4O2. The van der Waals surface area contributed by atoms with Crippen molar-refractivity contribution in [3.05, 3.63) is 47.2 Å². The van der Waals surface area contributed by atoms with E-state index in [0.717, 1.165) is 10.2 Å². The molecule has 6 nitrogen and oxygen atoms in total. The maximum absolute atomic E-state index is 11.7. The van der Waals surface area contributed by atoms with Crippen molar-refractivity contribution in [3.63, 3.8) is 0 Å². The van der Waals surface area contributed by atoms with Gasteiger partial charge in [0.15, 0.2) is 0 Å². The lowest BCUT2D eigenvalue weighted by Crippen LogP contribution is -2.30. The minimum Gasteiger partial charge on any atom is -0.493 e. The van der Waals surface area contributed by atoms with Gasteiger partial charge in [-0.2, -0.15) is 0 Å². The number of ether oxygens (including phenoxy) is 1. The molecule has 0 unspecified atom stereocenters. The lowest BCUT2D eigenvalue weighted by molar-refractivity contribution is -0.121. The Labute approximate surface area is 137 Å². The van der Waals surface area contributed by atoms with E-state index < -0.39 is 0 Å². The molecule has 0 bridgehead atoms. The van der Waals surface area contributed by atoms with E-state index in [9.17, 15) is 4.79 Å². The van der Waals surface area contributed by atoms with Gasteiger partial charge in [-0.3, -0.25) is 4.79 Å². The van der Waals surface area contributed by atoms with Gasteiger partial charge in [-0.25, -0.2) is 9.97 Å². The third-order valence-corrected chi connectivity index (χ3v) is 3.18. The Bertz CT molecular complexity index is 595. The van der Waals surface area contributed by atoms with Crippen LogP contribution < -0.4 is 15.4 Å². The van der Waals surface area contributed by atoms with Crippen LogP contribution in [0.1, 0.15) is 6.42 Å². The molecule has 2 rings (SSSR count). The molecule has 1 aromatic heterocycles. The Hall–Kier alpha value is -2.15.